The largest absolute Gasteiger partial charge is 0.328 e. The lowest BCUT2D eigenvalue weighted by Crippen LogP contribution is -2.37. The van der Waals surface area contributed by atoms with E-state index < -0.39 is 0 Å². The molecular weight excluding hydrogens is 346 g/mol. The number of piperidine rings is 1. The van der Waals surface area contributed by atoms with E-state index in [1.807, 2.05) is 48.9 Å². The van der Waals surface area contributed by atoms with E-state index in [2.05, 4.69) is 38.5 Å². The Bertz CT molecular complexity index is 970. The van der Waals surface area contributed by atoms with Gasteiger partial charge in [-0.15, -0.1) is 0 Å². The van der Waals surface area contributed by atoms with Crippen LogP contribution in [-0.2, 0) is 13.1 Å². The van der Waals surface area contributed by atoms with Crippen LogP contribution in [0.3, 0.4) is 0 Å². The predicted octanol–water partition coefficient (Wildman–Crippen LogP) is 4.04. The van der Waals surface area contributed by atoms with Crippen LogP contribution in [-0.4, -0.2) is 32.5 Å². The maximum atomic E-state index is 9.36. The minimum Gasteiger partial charge on any atom is -0.328 e. The summed E-state index contributed by atoms with van der Waals surface area (Å²) < 4.78 is 2.34. The van der Waals surface area contributed by atoms with Gasteiger partial charge in [-0.1, -0.05) is 18.2 Å². The predicted molar refractivity (Wildman–Crippen MR) is 109 cm³/mol. The fourth-order valence-corrected chi connectivity index (χ4v) is 4.13. The van der Waals surface area contributed by atoms with Crippen molar-refractivity contribution in [2.45, 2.75) is 32.9 Å². The number of aryl methyl sites for hydroxylation is 1. The van der Waals surface area contributed by atoms with E-state index in [1.165, 1.54) is 18.5 Å². The van der Waals surface area contributed by atoms with Gasteiger partial charge in [0.2, 0.25) is 0 Å². The average Bonchev–Trinajstić information content (AvgIpc) is 3.10. The summed E-state index contributed by atoms with van der Waals surface area (Å²) in [5.74, 6) is 1.60. The summed E-state index contributed by atoms with van der Waals surface area (Å²) in [7, 11) is 0. The van der Waals surface area contributed by atoms with Crippen molar-refractivity contribution in [3.8, 4) is 17.5 Å². The summed E-state index contributed by atoms with van der Waals surface area (Å²) in [5.41, 5.74) is 4.22. The highest BCUT2D eigenvalue weighted by molar-refractivity contribution is 5.55. The zero-order valence-corrected chi connectivity index (χ0v) is 16.3. The molecule has 28 heavy (non-hydrogen) atoms. The lowest BCUT2D eigenvalue weighted by Gasteiger charge is -2.33. The Hall–Kier alpha value is -2.97. The second-order valence-corrected chi connectivity index (χ2v) is 7.58. The van der Waals surface area contributed by atoms with Crippen molar-refractivity contribution in [3.63, 3.8) is 0 Å². The van der Waals surface area contributed by atoms with E-state index in [0.29, 0.717) is 5.92 Å². The van der Waals surface area contributed by atoms with Crippen molar-refractivity contribution < 1.29 is 0 Å². The molecule has 1 aliphatic rings. The van der Waals surface area contributed by atoms with Crippen LogP contribution < -0.4 is 0 Å². The molecular formula is C23H25N5. The smallest absolute Gasteiger partial charge is 0.140 e. The Kier molecular flexibility index (Phi) is 5.50. The normalized spacial score (nSPS) is 17.4. The maximum absolute atomic E-state index is 9.36. The highest BCUT2D eigenvalue weighted by Gasteiger charge is 2.22. The first-order valence-corrected chi connectivity index (χ1v) is 9.87. The quantitative estimate of drug-likeness (QED) is 0.679. The van der Waals surface area contributed by atoms with Crippen molar-refractivity contribution in [2.24, 2.45) is 5.92 Å². The number of pyridine rings is 1. The number of nitriles is 1. The van der Waals surface area contributed by atoms with Gasteiger partial charge in [-0.2, -0.15) is 5.26 Å². The number of imidazole rings is 1. The van der Waals surface area contributed by atoms with Gasteiger partial charge in [0.25, 0.3) is 0 Å². The number of hydrogen-bond acceptors (Lipinski definition) is 4. The number of hydrogen-bond donors (Lipinski definition) is 0. The molecule has 0 bridgehead atoms. The van der Waals surface area contributed by atoms with Crippen LogP contribution in [0.1, 0.15) is 29.7 Å². The molecule has 1 aromatic carbocycles. The Labute approximate surface area is 166 Å². The van der Waals surface area contributed by atoms with E-state index >= 15 is 0 Å². The molecule has 5 heteroatoms. The van der Waals surface area contributed by atoms with Crippen molar-refractivity contribution >= 4 is 0 Å². The van der Waals surface area contributed by atoms with E-state index in [1.54, 1.807) is 0 Å². The second-order valence-electron chi connectivity index (χ2n) is 7.58. The van der Waals surface area contributed by atoms with Crippen LogP contribution >= 0.6 is 0 Å². The van der Waals surface area contributed by atoms with E-state index in [0.717, 1.165) is 48.7 Å². The zero-order chi connectivity index (χ0) is 19.3. The first kappa shape index (κ1) is 18.4. The highest BCUT2D eigenvalue weighted by Crippen LogP contribution is 2.25. The molecule has 0 amide bonds. The highest BCUT2D eigenvalue weighted by atomic mass is 15.1. The molecule has 1 saturated heterocycles. The first-order chi connectivity index (χ1) is 13.7. The van der Waals surface area contributed by atoms with Crippen molar-refractivity contribution in [3.05, 3.63) is 71.8 Å². The van der Waals surface area contributed by atoms with Crippen molar-refractivity contribution in [2.75, 3.05) is 13.1 Å². The van der Waals surface area contributed by atoms with Crippen LogP contribution in [0.4, 0.5) is 0 Å². The lowest BCUT2D eigenvalue weighted by molar-refractivity contribution is 0.156. The summed E-state index contributed by atoms with van der Waals surface area (Å²) >= 11 is 0. The number of aromatic nitrogens is 3. The van der Waals surface area contributed by atoms with Crippen molar-refractivity contribution in [1.82, 2.24) is 19.4 Å². The van der Waals surface area contributed by atoms with E-state index in [9.17, 15) is 5.26 Å². The van der Waals surface area contributed by atoms with E-state index in [4.69, 9.17) is 0 Å². The molecule has 1 unspecified atom stereocenters. The third-order valence-corrected chi connectivity index (χ3v) is 5.57. The summed E-state index contributed by atoms with van der Waals surface area (Å²) in [4.78, 5) is 11.3. The van der Waals surface area contributed by atoms with Crippen LogP contribution in [0.25, 0.3) is 11.4 Å². The zero-order valence-electron chi connectivity index (χ0n) is 16.3. The summed E-state index contributed by atoms with van der Waals surface area (Å²) in [6.45, 7) is 6.09. The lowest BCUT2D eigenvalue weighted by atomic mass is 9.96. The third kappa shape index (κ3) is 3.97. The SMILES string of the molecule is Cc1cnc(-c2ccncc2)n1CC1CCCN(Cc2ccccc2C#N)C1. The van der Waals surface area contributed by atoms with Crippen LogP contribution in [0.5, 0.6) is 0 Å². The van der Waals surface area contributed by atoms with Gasteiger partial charge in [-0.25, -0.2) is 4.98 Å². The molecule has 3 aromatic rings. The Morgan fingerprint density at radius 3 is 2.82 bits per heavy atom. The van der Waals surface area contributed by atoms with Gasteiger partial charge < -0.3 is 4.57 Å². The Balaban J connectivity index is 1.48. The van der Waals surface area contributed by atoms with Gasteiger partial charge in [0.15, 0.2) is 0 Å². The molecule has 4 rings (SSSR count). The summed E-state index contributed by atoms with van der Waals surface area (Å²) in [6, 6.07) is 14.3. The van der Waals surface area contributed by atoms with Gasteiger partial charge in [0.05, 0.1) is 11.6 Å². The fourth-order valence-electron chi connectivity index (χ4n) is 4.13. The van der Waals surface area contributed by atoms with E-state index in [-0.39, 0.29) is 0 Å². The molecule has 0 radical (unpaired) electrons. The average molecular weight is 371 g/mol. The minimum absolute atomic E-state index is 0.580. The number of benzene rings is 1. The third-order valence-electron chi connectivity index (χ3n) is 5.57. The molecule has 1 aliphatic heterocycles. The molecule has 0 aliphatic carbocycles. The van der Waals surface area contributed by atoms with Gasteiger partial charge in [-0.3, -0.25) is 9.88 Å². The molecule has 0 N–H and O–H groups in total. The fraction of sp³-hybridized carbons (Fsp3) is 0.348. The van der Waals surface area contributed by atoms with Gasteiger partial charge in [0, 0.05) is 49.5 Å². The standard InChI is InChI=1S/C23H25N5/c1-18-14-26-23(20-8-10-25-11-9-20)28(18)16-19-5-4-12-27(15-19)17-22-7-3-2-6-21(22)13-24/h2-3,6-11,14,19H,4-5,12,15-17H2,1H3. The molecule has 5 nitrogen and oxygen atoms in total. The Morgan fingerprint density at radius 2 is 2.00 bits per heavy atom. The summed E-state index contributed by atoms with van der Waals surface area (Å²) in [6.07, 6.45) is 8.01. The second kappa shape index (κ2) is 8.37. The van der Waals surface area contributed by atoms with Crippen LogP contribution in [0.2, 0.25) is 0 Å². The van der Waals surface area contributed by atoms with Crippen LogP contribution in [0.15, 0.2) is 55.0 Å². The molecule has 2 aromatic heterocycles. The number of likely N-dealkylation sites (tertiary alicyclic amines) is 1. The number of nitrogens with zero attached hydrogens (tertiary/aromatic N) is 5. The monoisotopic (exact) mass is 371 g/mol. The molecule has 142 valence electrons. The van der Waals surface area contributed by atoms with Gasteiger partial charge in [0.1, 0.15) is 5.82 Å². The summed E-state index contributed by atoms with van der Waals surface area (Å²) in [5, 5.41) is 9.36. The van der Waals surface area contributed by atoms with Gasteiger partial charge in [-0.05, 0) is 56.0 Å². The van der Waals surface area contributed by atoms with Crippen molar-refractivity contribution in [1.29, 1.82) is 5.26 Å². The van der Waals surface area contributed by atoms with Crippen LogP contribution in [0, 0.1) is 24.2 Å². The molecule has 1 atom stereocenters. The maximum Gasteiger partial charge on any atom is 0.140 e. The number of rotatable bonds is 5. The Morgan fingerprint density at radius 1 is 1.18 bits per heavy atom. The first-order valence-electron chi connectivity index (χ1n) is 9.87. The minimum atomic E-state index is 0.580. The topological polar surface area (TPSA) is 57.7 Å². The molecule has 3 heterocycles. The molecule has 1 fully saturated rings. The molecule has 0 saturated carbocycles. The van der Waals surface area contributed by atoms with Gasteiger partial charge >= 0.3 is 0 Å². The molecule has 0 spiro atoms.